The summed E-state index contributed by atoms with van der Waals surface area (Å²) < 4.78 is 0. The van der Waals surface area contributed by atoms with E-state index < -0.39 is 0 Å². The lowest BCUT2D eigenvalue weighted by molar-refractivity contribution is -0.0175. The summed E-state index contributed by atoms with van der Waals surface area (Å²) in [4.78, 5) is 5.19. The predicted molar refractivity (Wildman–Crippen MR) is 36.6 cm³/mol. The third kappa shape index (κ3) is 1.49. The lowest BCUT2D eigenvalue weighted by atomic mass is 10.5. The third-order valence-corrected chi connectivity index (χ3v) is 1.38. The van der Waals surface area contributed by atoms with Gasteiger partial charge in [0.15, 0.2) is 0 Å². The number of nitriles is 1. The Morgan fingerprint density at radius 2 is 2.60 bits per heavy atom. The van der Waals surface area contributed by atoms with Crippen LogP contribution in [0.25, 0.3) is 0 Å². The summed E-state index contributed by atoms with van der Waals surface area (Å²) in [6, 6.07) is 2.07. The maximum atomic E-state index is 8.37. The molecule has 0 aliphatic carbocycles. The summed E-state index contributed by atoms with van der Waals surface area (Å²) in [5.74, 6) is 0.845. The van der Waals surface area contributed by atoms with Crippen molar-refractivity contribution >= 4 is 0 Å². The topological polar surface area (TPSA) is 36.0 Å². The van der Waals surface area contributed by atoms with Gasteiger partial charge in [0.25, 0.3) is 0 Å². The van der Waals surface area contributed by atoms with Crippen LogP contribution in [0.15, 0.2) is 11.8 Å². The van der Waals surface area contributed by atoms with Gasteiger partial charge in [0.2, 0.25) is 0 Å². The Labute approximate surface area is 60.5 Å². The summed E-state index contributed by atoms with van der Waals surface area (Å²) >= 11 is 0. The van der Waals surface area contributed by atoms with Gasteiger partial charge in [-0.15, -0.1) is 5.06 Å². The highest BCUT2D eigenvalue weighted by Crippen LogP contribution is 2.18. The number of hydrogen-bond acceptors (Lipinski definition) is 3. The monoisotopic (exact) mass is 138 g/mol. The largest absolute Gasteiger partial charge is 0.410 e. The zero-order valence-electron chi connectivity index (χ0n) is 6.16. The normalized spacial score (nSPS) is 31.1. The van der Waals surface area contributed by atoms with Crippen LogP contribution in [0.2, 0.25) is 0 Å². The van der Waals surface area contributed by atoms with Crippen molar-refractivity contribution in [3.63, 3.8) is 0 Å². The fourth-order valence-corrected chi connectivity index (χ4v) is 0.567. The Hall–Kier alpha value is -1.01. The van der Waals surface area contributed by atoms with Crippen LogP contribution < -0.4 is 0 Å². The molecule has 1 aliphatic rings. The molecule has 0 amide bonds. The van der Waals surface area contributed by atoms with E-state index in [1.807, 2.05) is 19.9 Å². The van der Waals surface area contributed by atoms with Gasteiger partial charge in [-0.3, -0.25) is 0 Å². The van der Waals surface area contributed by atoms with Crippen molar-refractivity contribution < 1.29 is 4.84 Å². The Bertz CT molecular complexity index is 192. The summed E-state index contributed by atoms with van der Waals surface area (Å²) in [7, 11) is 0. The molecule has 0 aromatic carbocycles. The van der Waals surface area contributed by atoms with Crippen molar-refractivity contribution in [1.29, 1.82) is 5.26 Å². The molecule has 1 fully saturated rings. The number of nitrogens with zero attached hydrogens (tertiary/aromatic N) is 2. The second kappa shape index (κ2) is 2.72. The number of hydroxylamine groups is 2. The second-order valence-electron chi connectivity index (χ2n) is 2.24. The Morgan fingerprint density at radius 3 is 3.00 bits per heavy atom. The van der Waals surface area contributed by atoms with E-state index in [9.17, 15) is 0 Å². The molecule has 0 bridgehead atoms. The van der Waals surface area contributed by atoms with Crippen molar-refractivity contribution in [3.05, 3.63) is 11.8 Å². The first-order valence-corrected chi connectivity index (χ1v) is 3.25. The van der Waals surface area contributed by atoms with Crippen LogP contribution in [0, 0.1) is 11.3 Å². The van der Waals surface area contributed by atoms with E-state index in [0.29, 0.717) is 0 Å². The highest BCUT2D eigenvalue weighted by molar-refractivity contribution is 5.03. The summed E-state index contributed by atoms with van der Waals surface area (Å²) in [5, 5.41) is 10.0. The third-order valence-electron chi connectivity index (χ3n) is 1.38. The molecule has 1 aliphatic heterocycles. The maximum Gasteiger partial charge on any atom is 0.148 e. The van der Waals surface area contributed by atoms with Crippen LogP contribution in [0.4, 0.5) is 0 Å². The molecule has 2 unspecified atom stereocenters. The highest BCUT2D eigenvalue weighted by atomic mass is 16.7. The Balaban J connectivity index is 2.25. The van der Waals surface area contributed by atoms with Crippen LogP contribution in [0.5, 0.6) is 0 Å². The van der Waals surface area contributed by atoms with Gasteiger partial charge < -0.3 is 4.84 Å². The van der Waals surface area contributed by atoms with Crippen molar-refractivity contribution in [2.45, 2.75) is 19.9 Å². The van der Waals surface area contributed by atoms with Gasteiger partial charge in [0.1, 0.15) is 11.8 Å². The van der Waals surface area contributed by atoms with Crippen molar-refractivity contribution in [3.8, 4) is 6.07 Å². The molecule has 3 heteroatoms. The fourth-order valence-electron chi connectivity index (χ4n) is 0.567. The average Bonchev–Trinajstić information content (AvgIpc) is 2.67. The lowest BCUT2D eigenvalue weighted by Gasteiger charge is -2.02. The molecule has 0 radical (unpaired) electrons. The van der Waals surface area contributed by atoms with Crippen LogP contribution in [0.1, 0.15) is 13.8 Å². The van der Waals surface area contributed by atoms with Gasteiger partial charge in [-0.1, -0.05) is 0 Å². The molecule has 0 aromatic heterocycles. The Morgan fingerprint density at radius 1 is 1.90 bits per heavy atom. The Kier molecular flexibility index (Phi) is 1.93. The van der Waals surface area contributed by atoms with Crippen molar-refractivity contribution in [2.24, 2.45) is 0 Å². The van der Waals surface area contributed by atoms with Crippen molar-refractivity contribution in [2.75, 3.05) is 6.54 Å². The average molecular weight is 138 g/mol. The molecule has 0 saturated carbocycles. The van der Waals surface area contributed by atoms with Gasteiger partial charge in [-0.2, -0.15) is 5.26 Å². The maximum absolute atomic E-state index is 8.37. The zero-order valence-corrected chi connectivity index (χ0v) is 6.16. The first-order valence-electron chi connectivity index (χ1n) is 3.25. The van der Waals surface area contributed by atoms with Gasteiger partial charge in [-0.05, 0) is 19.9 Å². The second-order valence-corrected chi connectivity index (χ2v) is 2.24. The smallest absolute Gasteiger partial charge is 0.148 e. The molecule has 54 valence electrons. The van der Waals surface area contributed by atoms with E-state index in [0.717, 1.165) is 12.3 Å². The molecule has 0 N–H and O–H groups in total. The van der Waals surface area contributed by atoms with Gasteiger partial charge in [0.05, 0.1) is 12.6 Å². The first kappa shape index (κ1) is 7.10. The van der Waals surface area contributed by atoms with E-state index in [2.05, 4.69) is 6.07 Å². The van der Waals surface area contributed by atoms with E-state index in [1.54, 1.807) is 5.06 Å². The minimum absolute atomic E-state index is 0.0186. The number of rotatable bonds is 2. The summed E-state index contributed by atoms with van der Waals surface area (Å²) in [6.45, 7) is 4.51. The minimum Gasteiger partial charge on any atom is -0.410 e. The van der Waals surface area contributed by atoms with Gasteiger partial charge in [-0.25, -0.2) is 0 Å². The summed E-state index contributed by atoms with van der Waals surface area (Å²) in [6.07, 6.45) is 1.87. The molecule has 2 atom stereocenters. The van der Waals surface area contributed by atoms with E-state index in [1.165, 1.54) is 0 Å². The minimum atomic E-state index is -0.0186. The van der Waals surface area contributed by atoms with Crippen LogP contribution in [-0.2, 0) is 4.84 Å². The van der Waals surface area contributed by atoms with E-state index in [-0.39, 0.29) is 6.04 Å². The van der Waals surface area contributed by atoms with Gasteiger partial charge >= 0.3 is 0 Å². The van der Waals surface area contributed by atoms with E-state index in [4.69, 9.17) is 10.1 Å². The lowest BCUT2D eigenvalue weighted by Crippen LogP contribution is -1.99. The highest BCUT2D eigenvalue weighted by Gasteiger charge is 2.36. The van der Waals surface area contributed by atoms with Crippen molar-refractivity contribution in [1.82, 2.24) is 5.06 Å². The summed E-state index contributed by atoms with van der Waals surface area (Å²) in [5.41, 5.74) is 0. The van der Waals surface area contributed by atoms with Gasteiger partial charge in [0, 0.05) is 0 Å². The predicted octanol–water partition coefficient (Wildman–Crippen LogP) is 1.05. The number of allylic oxidation sites excluding steroid dienone is 2. The molecular formula is C7H10N2O. The molecule has 3 nitrogen and oxygen atoms in total. The fraction of sp³-hybridized carbons (Fsp3) is 0.571. The first-order chi connectivity index (χ1) is 4.77. The molecule has 1 heterocycles. The molecule has 0 spiro atoms. The molecule has 1 saturated heterocycles. The molecular weight excluding hydrogens is 128 g/mol. The molecule has 10 heavy (non-hydrogen) atoms. The van der Waals surface area contributed by atoms with E-state index >= 15 is 0 Å². The SMILES string of the molecule is CC=C(C)ON1CC1C#N. The van der Waals surface area contributed by atoms with Crippen LogP contribution in [0.3, 0.4) is 0 Å². The van der Waals surface area contributed by atoms with Crippen LogP contribution in [-0.4, -0.2) is 17.6 Å². The molecule has 1 rings (SSSR count). The quantitative estimate of drug-likeness (QED) is 0.422. The zero-order chi connectivity index (χ0) is 7.56. The molecule has 0 aromatic rings. The number of hydrogen-bond donors (Lipinski definition) is 0. The van der Waals surface area contributed by atoms with Crippen LogP contribution >= 0.6 is 0 Å². The standard InChI is InChI=1S/C7H10N2O/c1-3-6(2)10-9-5-7(9)4-8/h3,7H,5H2,1-2H3.